The summed E-state index contributed by atoms with van der Waals surface area (Å²) in [6.07, 6.45) is -4.92. The minimum Gasteiger partial charge on any atom is -0.465 e. The van der Waals surface area contributed by atoms with Crippen molar-refractivity contribution < 1.29 is 27.4 Å². The number of nitrogens with zero attached hydrogens (tertiary/aromatic N) is 1. The quantitative estimate of drug-likeness (QED) is 0.785. The molecular weight excluding hydrogens is 319 g/mol. The molecule has 0 aliphatic rings. The molecule has 0 unspecified atom stereocenters. The number of benzene rings is 1. The van der Waals surface area contributed by atoms with Gasteiger partial charge in [0, 0.05) is 4.47 Å². The molecule has 0 N–H and O–H groups in total. The molecule has 96 valence electrons. The second-order valence-corrected chi connectivity index (χ2v) is 3.83. The Hall–Kier alpha value is -1.75. The summed E-state index contributed by atoms with van der Waals surface area (Å²) in [5, 5.41) is 8.72. The Labute approximate surface area is 108 Å². The van der Waals surface area contributed by atoms with Crippen molar-refractivity contribution in [2.75, 3.05) is 7.11 Å². The van der Waals surface area contributed by atoms with Crippen molar-refractivity contribution in [2.24, 2.45) is 0 Å². The molecule has 0 bridgehead atoms. The Morgan fingerprint density at radius 2 is 2.06 bits per heavy atom. The number of methoxy groups -OCH3 is 1. The normalized spacial score (nSPS) is 10.7. The minimum absolute atomic E-state index is 0.0348. The lowest BCUT2D eigenvalue weighted by molar-refractivity contribution is -0.274. The van der Waals surface area contributed by atoms with Gasteiger partial charge in [0.25, 0.3) is 0 Å². The molecule has 0 saturated heterocycles. The first-order valence-electron chi connectivity index (χ1n) is 4.36. The maximum absolute atomic E-state index is 12.1. The van der Waals surface area contributed by atoms with Crippen LogP contribution in [0.2, 0.25) is 0 Å². The molecule has 0 spiro atoms. The summed E-state index contributed by atoms with van der Waals surface area (Å²) >= 11 is 2.90. The van der Waals surface area contributed by atoms with Crippen molar-refractivity contribution in [2.45, 2.75) is 6.36 Å². The van der Waals surface area contributed by atoms with Gasteiger partial charge in [-0.3, -0.25) is 0 Å². The molecule has 1 aromatic carbocycles. The number of ether oxygens (including phenoxy) is 2. The van der Waals surface area contributed by atoms with E-state index in [0.29, 0.717) is 0 Å². The fraction of sp³-hybridized carbons (Fsp3) is 0.200. The molecular formula is C10H5BrF3NO3. The number of carbonyl (C=O) groups is 1. The molecule has 18 heavy (non-hydrogen) atoms. The lowest BCUT2D eigenvalue weighted by Crippen LogP contribution is -2.18. The molecule has 0 aromatic heterocycles. The molecule has 1 rings (SSSR count). The number of nitriles is 1. The zero-order chi connectivity index (χ0) is 13.9. The Kier molecular flexibility index (Phi) is 4.19. The van der Waals surface area contributed by atoms with Gasteiger partial charge >= 0.3 is 12.3 Å². The molecule has 0 amide bonds. The predicted octanol–water partition coefficient (Wildman–Crippen LogP) is 3.01. The van der Waals surface area contributed by atoms with Crippen LogP contribution in [-0.2, 0) is 4.74 Å². The average Bonchev–Trinajstić information content (AvgIpc) is 2.26. The first-order chi connectivity index (χ1) is 8.28. The molecule has 0 heterocycles. The lowest BCUT2D eigenvalue weighted by atomic mass is 10.1. The van der Waals surface area contributed by atoms with Crippen molar-refractivity contribution in [3.63, 3.8) is 0 Å². The van der Waals surface area contributed by atoms with Crippen LogP contribution in [0.15, 0.2) is 16.6 Å². The zero-order valence-electron chi connectivity index (χ0n) is 8.84. The Bertz CT molecular complexity index is 522. The maximum Gasteiger partial charge on any atom is 0.573 e. The van der Waals surface area contributed by atoms with Crippen LogP contribution in [0.1, 0.15) is 15.9 Å². The molecule has 0 radical (unpaired) electrons. The number of alkyl halides is 3. The van der Waals surface area contributed by atoms with Crippen molar-refractivity contribution in [1.29, 1.82) is 5.26 Å². The van der Waals surface area contributed by atoms with E-state index in [9.17, 15) is 18.0 Å². The lowest BCUT2D eigenvalue weighted by Gasteiger charge is -2.12. The fourth-order valence-electron chi connectivity index (χ4n) is 1.12. The van der Waals surface area contributed by atoms with Crippen molar-refractivity contribution in [3.05, 3.63) is 27.7 Å². The third kappa shape index (κ3) is 3.37. The van der Waals surface area contributed by atoms with Crippen LogP contribution in [0.25, 0.3) is 0 Å². The van der Waals surface area contributed by atoms with E-state index in [-0.39, 0.29) is 10.0 Å². The van der Waals surface area contributed by atoms with Crippen LogP contribution >= 0.6 is 15.9 Å². The number of halogens is 4. The Morgan fingerprint density at radius 3 is 2.50 bits per heavy atom. The highest BCUT2D eigenvalue weighted by Crippen LogP contribution is 2.31. The highest BCUT2D eigenvalue weighted by Gasteiger charge is 2.32. The summed E-state index contributed by atoms with van der Waals surface area (Å²) < 4.78 is 44.3. The maximum atomic E-state index is 12.1. The summed E-state index contributed by atoms with van der Waals surface area (Å²) in [6.45, 7) is 0. The van der Waals surface area contributed by atoms with E-state index in [0.717, 1.165) is 19.2 Å². The second-order valence-electron chi connectivity index (χ2n) is 2.98. The molecule has 0 atom stereocenters. The number of esters is 1. The van der Waals surface area contributed by atoms with E-state index >= 15 is 0 Å². The molecule has 1 aromatic rings. The third-order valence-corrected chi connectivity index (χ3v) is 2.48. The topological polar surface area (TPSA) is 59.3 Å². The second kappa shape index (κ2) is 5.27. The van der Waals surface area contributed by atoms with Crippen molar-refractivity contribution in [3.8, 4) is 11.8 Å². The van der Waals surface area contributed by atoms with Crippen molar-refractivity contribution >= 4 is 21.9 Å². The molecule has 8 heteroatoms. The average molecular weight is 324 g/mol. The highest BCUT2D eigenvalue weighted by molar-refractivity contribution is 9.10. The monoisotopic (exact) mass is 323 g/mol. The van der Waals surface area contributed by atoms with E-state index < -0.39 is 23.6 Å². The van der Waals surface area contributed by atoms with Crippen LogP contribution in [0.4, 0.5) is 13.2 Å². The van der Waals surface area contributed by atoms with Gasteiger partial charge in [-0.15, -0.1) is 13.2 Å². The van der Waals surface area contributed by atoms with E-state index in [1.165, 1.54) is 6.07 Å². The summed E-state index contributed by atoms with van der Waals surface area (Å²) in [6, 6.07) is 3.35. The molecule has 4 nitrogen and oxygen atoms in total. The number of hydrogen-bond donors (Lipinski definition) is 0. The van der Waals surface area contributed by atoms with E-state index in [1.807, 2.05) is 0 Å². The number of rotatable bonds is 2. The van der Waals surface area contributed by atoms with E-state index in [1.54, 1.807) is 0 Å². The number of hydrogen-bond acceptors (Lipinski definition) is 4. The van der Waals surface area contributed by atoms with Gasteiger partial charge in [-0.05, 0) is 28.1 Å². The largest absolute Gasteiger partial charge is 0.573 e. The van der Waals surface area contributed by atoms with Gasteiger partial charge in [-0.1, -0.05) is 0 Å². The van der Waals surface area contributed by atoms with Gasteiger partial charge < -0.3 is 9.47 Å². The summed E-state index contributed by atoms with van der Waals surface area (Å²) in [4.78, 5) is 11.3. The van der Waals surface area contributed by atoms with Gasteiger partial charge in [0.15, 0.2) is 0 Å². The molecule has 0 aliphatic heterocycles. The third-order valence-electron chi connectivity index (χ3n) is 1.82. The van der Waals surface area contributed by atoms with Gasteiger partial charge in [0.2, 0.25) is 0 Å². The van der Waals surface area contributed by atoms with Gasteiger partial charge in [0.05, 0.1) is 18.2 Å². The summed E-state index contributed by atoms with van der Waals surface area (Å²) in [5.74, 6) is -1.47. The van der Waals surface area contributed by atoms with Crippen LogP contribution in [0, 0.1) is 11.3 Å². The van der Waals surface area contributed by atoms with Gasteiger partial charge in [-0.25, -0.2) is 4.79 Å². The summed E-state index contributed by atoms with van der Waals surface area (Å²) in [7, 11) is 1.11. The first kappa shape index (κ1) is 14.3. The predicted molar refractivity (Wildman–Crippen MR) is 56.9 cm³/mol. The molecule has 0 saturated carbocycles. The zero-order valence-corrected chi connectivity index (χ0v) is 10.4. The standard InChI is InChI=1S/C10H5BrF3NO3/c1-17-9(16)6-2-5(4-15)8(3-7(6)11)18-10(12,13)14/h2-3H,1H3. The van der Waals surface area contributed by atoms with E-state index in [2.05, 4.69) is 25.4 Å². The number of carbonyl (C=O) groups excluding carboxylic acids is 1. The van der Waals surface area contributed by atoms with Gasteiger partial charge in [-0.2, -0.15) is 5.26 Å². The first-order valence-corrected chi connectivity index (χ1v) is 5.15. The SMILES string of the molecule is COC(=O)c1cc(C#N)c(OC(F)(F)F)cc1Br. The molecule has 0 aliphatic carbocycles. The van der Waals surface area contributed by atoms with E-state index in [4.69, 9.17) is 5.26 Å². The molecule has 0 fully saturated rings. The Morgan fingerprint density at radius 1 is 1.44 bits per heavy atom. The minimum atomic E-state index is -4.92. The van der Waals surface area contributed by atoms with Gasteiger partial charge in [0.1, 0.15) is 11.8 Å². The Balaban J connectivity index is 3.28. The van der Waals surface area contributed by atoms with Crippen LogP contribution in [0.5, 0.6) is 5.75 Å². The van der Waals surface area contributed by atoms with Crippen LogP contribution in [-0.4, -0.2) is 19.4 Å². The fourth-order valence-corrected chi connectivity index (χ4v) is 1.60. The van der Waals surface area contributed by atoms with Crippen molar-refractivity contribution in [1.82, 2.24) is 0 Å². The highest BCUT2D eigenvalue weighted by atomic mass is 79.9. The smallest absolute Gasteiger partial charge is 0.465 e. The van der Waals surface area contributed by atoms with Crippen LogP contribution in [0.3, 0.4) is 0 Å². The summed E-state index contributed by atoms with van der Waals surface area (Å²) in [5.41, 5.74) is -0.487. The van der Waals surface area contributed by atoms with Crippen LogP contribution < -0.4 is 4.74 Å².